The first-order chi connectivity index (χ1) is 16.1. The molecule has 2 heterocycles. The monoisotopic (exact) mass is 470 g/mol. The minimum Gasteiger partial charge on any atom is -0.458 e. The number of cyclic esters (lactones) is 1. The number of aliphatic hydroxyl groups is 2. The van der Waals surface area contributed by atoms with Gasteiger partial charge in [0.25, 0.3) is 0 Å². The molecule has 4 fully saturated rings. The van der Waals surface area contributed by atoms with E-state index in [9.17, 15) is 19.8 Å². The van der Waals surface area contributed by atoms with Crippen LogP contribution in [0, 0.1) is 40.4 Å². The fraction of sp³-hybridized carbons (Fsp3) is 0.786. The summed E-state index contributed by atoms with van der Waals surface area (Å²) >= 11 is 0. The van der Waals surface area contributed by atoms with Crippen LogP contribution in [0.5, 0.6) is 0 Å². The summed E-state index contributed by atoms with van der Waals surface area (Å²) < 4.78 is 12.1. The van der Waals surface area contributed by atoms with Gasteiger partial charge in [0.05, 0.1) is 23.7 Å². The van der Waals surface area contributed by atoms with Crippen molar-refractivity contribution >= 4 is 11.8 Å². The minimum atomic E-state index is -0.719. The molecular formula is C28H38O6. The quantitative estimate of drug-likeness (QED) is 0.485. The smallest absolute Gasteiger partial charge is 0.336 e. The van der Waals surface area contributed by atoms with Gasteiger partial charge >= 0.3 is 5.97 Å². The fourth-order valence-corrected chi connectivity index (χ4v) is 9.69. The van der Waals surface area contributed by atoms with E-state index in [1.54, 1.807) is 12.2 Å². The zero-order valence-corrected chi connectivity index (χ0v) is 20.8. The van der Waals surface area contributed by atoms with E-state index in [2.05, 4.69) is 20.8 Å². The van der Waals surface area contributed by atoms with E-state index in [-0.39, 0.29) is 47.8 Å². The summed E-state index contributed by atoms with van der Waals surface area (Å²) in [6, 6.07) is 0. The molecule has 4 aliphatic carbocycles. The molecule has 1 spiro atoms. The second kappa shape index (κ2) is 7.27. The zero-order chi connectivity index (χ0) is 24.2. The Morgan fingerprint density at radius 1 is 1.18 bits per heavy atom. The van der Waals surface area contributed by atoms with Crippen molar-refractivity contribution in [3.8, 4) is 0 Å². The Bertz CT molecular complexity index is 999. The summed E-state index contributed by atoms with van der Waals surface area (Å²) in [5, 5.41) is 20.4. The van der Waals surface area contributed by atoms with Crippen LogP contribution < -0.4 is 0 Å². The fourth-order valence-electron chi connectivity index (χ4n) is 9.69. The third kappa shape index (κ3) is 2.63. The van der Waals surface area contributed by atoms with Gasteiger partial charge in [0, 0.05) is 6.42 Å². The Morgan fingerprint density at radius 3 is 2.65 bits per heavy atom. The van der Waals surface area contributed by atoms with E-state index in [1.165, 1.54) is 0 Å². The Kier molecular flexibility index (Phi) is 4.90. The van der Waals surface area contributed by atoms with Crippen LogP contribution in [0.25, 0.3) is 0 Å². The maximum atomic E-state index is 13.3. The number of esters is 1. The van der Waals surface area contributed by atoms with Crippen LogP contribution in [0.2, 0.25) is 0 Å². The number of hydrogen-bond donors (Lipinski definition) is 2. The van der Waals surface area contributed by atoms with Gasteiger partial charge in [-0.15, -0.1) is 0 Å². The normalized spacial score (nSPS) is 52.4. The number of epoxide rings is 1. The summed E-state index contributed by atoms with van der Waals surface area (Å²) in [5.74, 6) is 1.61. The summed E-state index contributed by atoms with van der Waals surface area (Å²) in [4.78, 5) is 25.8. The maximum Gasteiger partial charge on any atom is 0.336 e. The molecule has 2 N–H and O–H groups in total. The molecule has 0 unspecified atom stereocenters. The van der Waals surface area contributed by atoms with Gasteiger partial charge in [-0.25, -0.2) is 4.79 Å². The van der Waals surface area contributed by atoms with Crippen molar-refractivity contribution in [3.63, 3.8) is 0 Å². The Hall–Kier alpha value is -1.50. The summed E-state index contributed by atoms with van der Waals surface area (Å²) in [7, 11) is 0. The lowest BCUT2D eigenvalue weighted by Crippen LogP contribution is -2.63. The molecule has 1 saturated heterocycles. The molecule has 0 radical (unpaired) electrons. The van der Waals surface area contributed by atoms with Crippen LogP contribution in [0.1, 0.15) is 66.2 Å². The second-order valence-electron chi connectivity index (χ2n) is 12.5. The number of ketones is 1. The maximum absolute atomic E-state index is 13.3. The summed E-state index contributed by atoms with van der Waals surface area (Å²) in [5.41, 5.74) is 0.129. The van der Waals surface area contributed by atoms with Crippen molar-refractivity contribution in [1.29, 1.82) is 0 Å². The SMILES string of the molecule is CC1=C(CO)C(=O)O[C@H]([C@@H](C)[C@@H]2CC[C@H]3[C@@H]4C[C@H]5O[C@]56[C@@H](O)C=CC(=O)[C@]6(C)[C@H]4CC[C@]23C)C1. The zero-order valence-electron chi connectivity index (χ0n) is 20.8. The topological polar surface area (TPSA) is 96.4 Å². The molecule has 6 heteroatoms. The molecule has 0 aromatic heterocycles. The first-order valence-electron chi connectivity index (χ1n) is 13.2. The molecule has 0 aromatic carbocycles. The van der Waals surface area contributed by atoms with Gasteiger partial charge in [-0.1, -0.05) is 19.4 Å². The molecule has 11 atom stereocenters. The standard InChI is InChI=1S/C28H38O6/c1-14-11-21(33-25(32)17(14)13-29)15(2)18-5-6-19-16-12-24-28(34-24)23(31)8-7-22(30)27(28,4)20(16)9-10-26(18,19)3/h7-8,15-16,18-21,23-24,29,31H,5-6,9-13H2,1-4H3/t15-,16-,18-,19-,20-,21-,23-,24+,26+,27-,28+/m0/s1. The van der Waals surface area contributed by atoms with Gasteiger partial charge in [0.1, 0.15) is 17.8 Å². The van der Waals surface area contributed by atoms with E-state index in [1.807, 2.05) is 6.92 Å². The van der Waals surface area contributed by atoms with Crippen molar-refractivity contribution in [2.45, 2.75) is 90.1 Å². The van der Waals surface area contributed by atoms with E-state index in [0.29, 0.717) is 29.7 Å². The molecule has 2 aliphatic heterocycles. The summed E-state index contributed by atoms with van der Waals surface area (Å²) in [6.07, 6.45) is 8.23. The lowest BCUT2D eigenvalue weighted by molar-refractivity contribution is -0.155. The third-order valence-corrected chi connectivity index (χ3v) is 11.6. The predicted molar refractivity (Wildman–Crippen MR) is 124 cm³/mol. The molecule has 34 heavy (non-hydrogen) atoms. The molecule has 0 amide bonds. The first kappa shape index (κ1) is 22.9. The van der Waals surface area contributed by atoms with Crippen LogP contribution >= 0.6 is 0 Å². The van der Waals surface area contributed by atoms with Crippen molar-refractivity contribution in [2.24, 2.45) is 40.4 Å². The van der Waals surface area contributed by atoms with E-state index < -0.39 is 17.1 Å². The largest absolute Gasteiger partial charge is 0.458 e. The Balaban J connectivity index is 1.27. The average molecular weight is 471 g/mol. The van der Waals surface area contributed by atoms with Gasteiger partial charge in [-0.3, -0.25) is 4.79 Å². The van der Waals surface area contributed by atoms with E-state index in [0.717, 1.165) is 37.7 Å². The average Bonchev–Trinajstić information content (AvgIpc) is 3.43. The van der Waals surface area contributed by atoms with Crippen LogP contribution in [-0.4, -0.2) is 52.5 Å². The van der Waals surface area contributed by atoms with Gasteiger partial charge in [0.15, 0.2) is 5.78 Å². The Morgan fingerprint density at radius 2 is 1.94 bits per heavy atom. The lowest BCUT2D eigenvalue weighted by Gasteiger charge is -2.58. The first-order valence-corrected chi connectivity index (χ1v) is 13.2. The number of rotatable bonds is 3. The second-order valence-corrected chi connectivity index (χ2v) is 12.5. The number of aliphatic hydroxyl groups excluding tert-OH is 2. The van der Waals surface area contributed by atoms with Crippen LogP contribution in [-0.2, 0) is 19.1 Å². The van der Waals surface area contributed by atoms with Gasteiger partial charge in [-0.2, -0.15) is 0 Å². The highest BCUT2D eigenvalue weighted by Crippen LogP contribution is 2.73. The molecule has 186 valence electrons. The van der Waals surface area contributed by atoms with Crippen molar-refractivity contribution in [1.82, 2.24) is 0 Å². The molecule has 6 rings (SSSR count). The van der Waals surface area contributed by atoms with Gasteiger partial charge in [-0.05, 0) is 93.1 Å². The highest BCUT2D eigenvalue weighted by atomic mass is 16.6. The minimum absolute atomic E-state index is 0.0366. The van der Waals surface area contributed by atoms with Gasteiger partial charge in [0.2, 0.25) is 0 Å². The van der Waals surface area contributed by atoms with Crippen LogP contribution in [0.15, 0.2) is 23.3 Å². The number of hydrogen-bond acceptors (Lipinski definition) is 6. The third-order valence-electron chi connectivity index (χ3n) is 11.6. The number of fused-ring (bicyclic) bond motifs is 4. The lowest BCUT2D eigenvalue weighted by atomic mass is 9.44. The van der Waals surface area contributed by atoms with Crippen molar-refractivity contribution in [3.05, 3.63) is 23.3 Å². The van der Waals surface area contributed by atoms with Crippen LogP contribution in [0.4, 0.5) is 0 Å². The molecule has 6 nitrogen and oxygen atoms in total. The highest BCUT2D eigenvalue weighted by Gasteiger charge is 2.80. The number of carbonyl (C=O) groups excluding carboxylic acids is 2. The number of ether oxygens (including phenoxy) is 2. The highest BCUT2D eigenvalue weighted by molar-refractivity contribution is 5.98. The number of allylic oxidation sites excluding steroid dienone is 1. The van der Waals surface area contributed by atoms with E-state index in [4.69, 9.17) is 9.47 Å². The predicted octanol–water partition coefficient (Wildman–Crippen LogP) is 3.35. The number of carbonyl (C=O) groups is 2. The van der Waals surface area contributed by atoms with Crippen LogP contribution in [0.3, 0.4) is 0 Å². The van der Waals surface area contributed by atoms with E-state index >= 15 is 0 Å². The Labute approximate surface area is 201 Å². The van der Waals surface area contributed by atoms with Gasteiger partial charge < -0.3 is 19.7 Å². The molecule has 0 bridgehead atoms. The van der Waals surface area contributed by atoms with Crippen molar-refractivity contribution in [2.75, 3.05) is 6.61 Å². The van der Waals surface area contributed by atoms with Crippen molar-refractivity contribution < 1.29 is 29.3 Å². The molecule has 6 aliphatic rings. The molecule has 0 aromatic rings. The molecular weight excluding hydrogens is 432 g/mol. The molecule has 3 saturated carbocycles. The summed E-state index contributed by atoms with van der Waals surface area (Å²) in [6.45, 7) is 8.41.